The van der Waals surface area contributed by atoms with Crippen molar-refractivity contribution in [3.63, 3.8) is 0 Å². The van der Waals surface area contributed by atoms with Gasteiger partial charge in [-0.05, 0) is 19.2 Å². The van der Waals surface area contributed by atoms with E-state index in [0.717, 1.165) is 10.0 Å². The first kappa shape index (κ1) is 12.4. The van der Waals surface area contributed by atoms with Crippen LogP contribution < -0.4 is 5.73 Å². The Balaban J connectivity index is 2.71. The Hall–Kier alpha value is -0.680. The van der Waals surface area contributed by atoms with E-state index in [-0.39, 0.29) is 6.54 Å². The fraction of sp³-hybridized carbons (Fsp3) is 0.400. The van der Waals surface area contributed by atoms with E-state index in [2.05, 4.69) is 15.9 Å². The van der Waals surface area contributed by atoms with Gasteiger partial charge in [-0.2, -0.15) is 0 Å². The zero-order valence-corrected chi connectivity index (χ0v) is 9.97. The minimum Gasteiger partial charge on any atom is -0.398 e. The number of hydrogen-bond donors (Lipinski definition) is 1. The lowest BCUT2D eigenvalue weighted by Crippen LogP contribution is -2.24. The lowest BCUT2D eigenvalue weighted by Gasteiger charge is -2.18. The van der Waals surface area contributed by atoms with Crippen LogP contribution in [-0.4, -0.2) is 24.9 Å². The molecule has 0 spiro atoms. The van der Waals surface area contributed by atoms with E-state index in [1.807, 2.05) is 12.1 Å². The predicted molar refractivity (Wildman–Crippen MR) is 60.9 cm³/mol. The van der Waals surface area contributed by atoms with Gasteiger partial charge in [0.05, 0.1) is 6.54 Å². The van der Waals surface area contributed by atoms with Crippen molar-refractivity contribution in [3.8, 4) is 0 Å². The third kappa shape index (κ3) is 3.76. The molecule has 0 heterocycles. The van der Waals surface area contributed by atoms with Crippen LogP contribution in [0.4, 0.5) is 14.5 Å². The van der Waals surface area contributed by atoms with Crippen molar-refractivity contribution in [1.82, 2.24) is 4.90 Å². The SMILES string of the molecule is CN(Cc1c(N)cccc1Br)CC(F)F. The van der Waals surface area contributed by atoms with E-state index in [1.165, 1.54) is 0 Å². The minimum atomic E-state index is -2.32. The number of nitrogens with two attached hydrogens (primary N) is 1. The van der Waals surface area contributed by atoms with Crippen LogP contribution in [0.1, 0.15) is 5.56 Å². The maximum absolute atomic E-state index is 12.1. The van der Waals surface area contributed by atoms with Crippen LogP contribution in [0.15, 0.2) is 22.7 Å². The minimum absolute atomic E-state index is 0.249. The zero-order chi connectivity index (χ0) is 11.4. The first-order valence-electron chi connectivity index (χ1n) is 4.50. The van der Waals surface area contributed by atoms with Gasteiger partial charge >= 0.3 is 0 Å². The highest BCUT2D eigenvalue weighted by molar-refractivity contribution is 9.10. The Morgan fingerprint density at radius 1 is 1.47 bits per heavy atom. The lowest BCUT2D eigenvalue weighted by molar-refractivity contribution is 0.0975. The number of nitrogen functional groups attached to an aromatic ring is 1. The Labute approximate surface area is 96.2 Å². The van der Waals surface area contributed by atoms with Crippen LogP contribution in [0, 0.1) is 0 Å². The van der Waals surface area contributed by atoms with Gasteiger partial charge in [0, 0.05) is 22.3 Å². The highest BCUT2D eigenvalue weighted by Gasteiger charge is 2.11. The number of nitrogens with zero attached hydrogens (tertiary/aromatic N) is 1. The van der Waals surface area contributed by atoms with Crippen molar-refractivity contribution >= 4 is 21.6 Å². The fourth-order valence-electron chi connectivity index (χ4n) is 1.31. The summed E-state index contributed by atoms with van der Waals surface area (Å²) in [6, 6.07) is 5.42. The van der Waals surface area contributed by atoms with Gasteiger partial charge in [-0.25, -0.2) is 8.78 Å². The van der Waals surface area contributed by atoms with E-state index in [9.17, 15) is 8.78 Å². The summed E-state index contributed by atoms with van der Waals surface area (Å²) in [4.78, 5) is 1.54. The normalized spacial score (nSPS) is 11.3. The second-order valence-corrected chi connectivity index (χ2v) is 4.25. The molecule has 0 saturated heterocycles. The molecule has 0 aliphatic heterocycles. The van der Waals surface area contributed by atoms with Crippen LogP contribution in [-0.2, 0) is 6.54 Å². The van der Waals surface area contributed by atoms with E-state index in [4.69, 9.17) is 5.73 Å². The standard InChI is InChI=1S/C10H13BrF2N2/c1-15(6-10(12)13)5-7-8(11)3-2-4-9(7)14/h2-4,10H,5-6,14H2,1H3. The summed E-state index contributed by atoms with van der Waals surface area (Å²) in [7, 11) is 1.64. The quantitative estimate of drug-likeness (QED) is 0.859. The molecule has 5 heteroatoms. The van der Waals surface area contributed by atoms with E-state index in [0.29, 0.717) is 12.2 Å². The molecule has 1 rings (SSSR count). The highest BCUT2D eigenvalue weighted by atomic mass is 79.9. The van der Waals surface area contributed by atoms with Crippen molar-refractivity contribution in [2.24, 2.45) is 0 Å². The highest BCUT2D eigenvalue weighted by Crippen LogP contribution is 2.23. The molecule has 2 nitrogen and oxygen atoms in total. The summed E-state index contributed by atoms with van der Waals surface area (Å²) in [5, 5.41) is 0. The molecule has 0 unspecified atom stereocenters. The average molecular weight is 279 g/mol. The largest absolute Gasteiger partial charge is 0.398 e. The van der Waals surface area contributed by atoms with Crippen LogP contribution >= 0.6 is 15.9 Å². The van der Waals surface area contributed by atoms with Crippen LogP contribution in [0.2, 0.25) is 0 Å². The molecule has 0 saturated carbocycles. The molecule has 0 fully saturated rings. The van der Waals surface area contributed by atoms with E-state index in [1.54, 1.807) is 18.0 Å². The molecule has 0 bridgehead atoms. The predicted octanol–water partition coefficient (Wildman–Crippen LogP) is 2.73. The molecule has 0 amide bonds. The number of alkyl halides is 2. The molecule has 2 N–H and O–H groups in total. The number of halogens is 3. The monoisotopic (exact) mass is 278 g/mol. The summed E-state index contributed by atoms with van der Waals surface area (Å²) in [6.07, 6.45) is -2.32. The Morgan fingerprint density at radius 3 is 2.67 bits per heavy atom. The maximum Gasteiger partial charge on any atom is 0.251 e. The molecule has 0 aliphatic rings. The van der Waals surface area contributed by atoms with Gasteiger partial charge in [0.25, 0.3) is 6.43 Å². The van der Waals surface area contributed by atoms with Gasteiger partial charge in [0.1, 0.15) is 0 Å². The second kappa shape index (κ2) is 5.42. The van der Waals surface area contributed by atoms with Gasteiger partial charge in [-0.1, -0.05) is 22.0 Å². The molecule has 0 radical (unpaired) electrons. The first-order chi connectivity index (χ1) is 7.00. The van der Waals surface area contributed by atoms with Gasteiger partial charge in [-0.15, -0.1) is 0 Å². The number of benzene rings is 1. The summed E-state index contributed by atoms with van der Waals surface area (Å²) < 4.78 is 25.1. The van der Waals surface area contributed by atoms with Crippen LogP contribution in [0.25, 0.3) is 0 Å². The fourth-order valence-corrected chi connectivity index (χ4v) is 1.82. The molecular formula is C10H13BrF2N2. The molecule has 15 heavy (non-hydrogen) atoms. The van der Waals surface area contributed by atoms with E-state index >= 15 is 0 Å². The maximum atomic E-state index is 12.1. The summed E-state index contributed by atoms with van der Waals surface area (Å²) in [5.74, 6) is 0. The third-order valence-corrected chi connectivity index (χ3v) is 2.78. The summed E-state index contributed by atoms with van der Waals surface area (Å²) >= 11 is 3.35. The molecular weight excluding hydrogens is 266 g/mol. The molecule has 0 aliphatic carbocycles. The first-order valence-corrected chi connectivity index (χ1v) is 5.29. The molecule has 1 aromatic rings. The van der Waals surface area contributed by atoms with Gasteiger partial charge < -0.3 is 5.73 Å². The van der Waals surface area contributed by atoms with Crippen molar-refractivity contribution in [1.29, 1.82) is 0 Å². The topological polar surface area (TPSA) is 29.3 Å². The molecule has 0 aromatic heterocycles. The number of hydrogen-bond acceptors (Lipinski definition) is 2. The Kier molecular flexibility index (Phi) is 4.47. The van der Waals surface area contributed by atoms with Gasteiger partial charge in [0.15, 0.2) is 0 Å². The van der Waals surface area contributed by atoms with E-state index < -0.39 is 6.43 Å². The van der Waals surface area contributed by atoms with Gasteiger partial charge in [-0.3, -0.25) is 4.90 Å². The lowest BCUT2D eigenvalue weighted by atomic mass is 10.2. The molecule has 1 aromatic carbocycles. The van der Waals surface area contributed by atoms with Crippen molar-refractivity contribution in [2.45, 2.75) is 13.0 Å². The Morgan fingerprint density at radius 2 is 2.13 bits per heavy atom. The summed E-state index contributed by atoms with van der Waals surface area (Å²) in [5.41, 5.74) is 7.22. The smallest absolute Gasteiger partial charge is 0.251 e. The van der Waals surface area contributed by atoms with Crippen molar-refractivity contribution < 1.29 is 8.78 Å². The average Bonchev–Trinajstić information content (AvgIpc) is 2.10. The van der Waals surface area contributed by atoms with Crippen LogP contribution in [0.5, 0.6) is 0 Å². The number of rotatable bonds is 4. The zero-order valence-electron chi connectivity index (χ0n) is 8.38. The summed E-state index contributed by atoms with van der Waals surface area (Å²) in [6.45, 7) is 0.165. The van der Waals surface area contributed by atoms with Crippen LogP contribution in [0.3, 0.4) is 0 Å². The van der Waals surface area contributed by atoms with Crippen molar-refractivity contribution in [3.05, 3.63) is 28.2 Å². The Bertz CT molecular complexity index is 311. The molecule has 0 atom stereocenters. The van der Waals surface area contributed by atoms with Gasteiger partial charge in [0.2, 0.25) is 0 Å². The molecule has 84 valence electrons. The van der Waals surface area contributed by atoms with Crippen molar-refractivity contribution in [2.75, 3.05) is 19.3 Å². The third-order valence-electron chi connectivity index (χ3n) is 2.03. The number of anilines is 1. The second-order valence-electron chi connectivity index (χ2n) is 3.40.